The van der Waals surface area contributed by atoms with Gasteiger partial charge in [0, 0.05) is 18.7 Å². The first-order chi connectivity index (χ1) is 12.3. The fourth-order valence-electron chi connectivity index (χ4n) is 2.90. The van der Waals surface area contributed by atoms with Gasteiger partial charge in [0.15, 0.2) is 0 Å². The molecule has 3 rings (SSSR count). The highest BCUT2D eigenvalue weighted by Crippen LogP contribution is 2.16. The molecule has 25 heavy (non-hydrogen) atoms. The third-order valence-corrected chi connectivity index (χ3v) is 4.37. The molecule has 0 aliphatic carbocycles. The first kappa shape index (κ1) is 17.5. The molecule has 1 fully saturated rings. The van der Waals surface area contributed by atoms with Crippen molar-refractivity contribution in [2.75, 3.05) is 26.3 Å². The number of benzene rings is 2. The van der Waals surface area contributed by atoms with Crippen LogP contribution in [0.25, 0.3) is 0 Å². The zero-order chi connectivity index (χ0) is 17.5. The van der Waals surface area contributed by atoms with E-state index in [1.54, 1.807) is 0 Å². The topological polar surface area (TPSA) is 38.8 Å². The Bertz CT molecular complexity index is 673. The molecular formula is C21H25NO3. The van der Waals surface area contributed by atoms with E-state index in [1.807, 2.05) is 41.3 Å². The third kappa shape index (κ3) is 4.83. The van der Waals surface area contributed by atoms with E-state index in [-0.39, 0.29) is 5.91 Å². The third-order valence-electron chi connectivity index (χ3n) is 4.37. The fraction of sp³-hybridized carbons (Fsp3) is 0.381. The summed E-state index contributed by atoms with van der Waals surface area (Å²) in [5, 5.41) is 0. The lowest BCUT2D eigenvalue weighted by atomic mass is 10.1. The van der Waals surface area contributed by atoms with Gasteiger partial charge in [0.1, 0.15) is 12.4 Å². The van der Waals surface area contributed by atoms with Gasteiger partial charge in [0.2, 0.25) is 0 Å². The fourth-order valence-corrected chi connectivity index (χ4v) is 2.90. The van der Waals surface area contributed by atoms with Crippen LogP contribution in [0.4, 0.5) is 0 Å². The summed E-state index contributed by atoms with van der Waals surface area (Å²) in [4.78, 5) is 14.3. The van der Waals surface area contributed by atoms with Gasteiger partial charge in [0.25, 0.3) is 5.91 Å². The molecule has 0 unspecified atom stereocenters. The summed E-state index contributed by atoms with van der Waals surface area (Å²) < 4.78 is 11.1. The van der Waals surface area contributed by atoms with Gasteiger partial charge in [0.05, 0.1) is 13.2 Å². The summed E-state index contributed by atoms with van der Waals surface area (Å²) in [6.45, 7) is 5.25. The minimum Gasteiger partial charge on any atom is -0.489 e. The van der Waals surface area contributed by atoms with Gasteiger partial charge < -0.3 is 14.4 Å². The van der Waals surface area contributed by atoms with Crippen molar-refractivity contribution >= 4 is 5.91 Å². The van der Waals surface area contributed by atoms with Crippen molar-refractivity contribution in [3.8, 4) is 5.75 Å². The lowest BCUT2D eigenvalue weighted by Gasteiger charge is -2.26. The van der Waals surface area contributed by atoms with Crippen LogP contribution in [0.3, 0.4) is 0 Å². The molecule has 1 aliphatic rings. The number of aryl methyl sites for hydroxylation is 1. The van der Waals surface area contributed by atoms with Crippen molar-refractivity contribution in [3.63, 3.8) is 0 Å². The van der Waals surface area contributed by atoms with E-state index in [0.29, 0.717) is 32.9 Å². The average molecular weight is 339 g/mol. The monoisotopic (exact) mass is 339 g/mol. The van der Waals surface area contributed by atoms with Gasteiger partial charge in [-0.3, -0.25) is 4.79 Å². The number of amides is 1. The Hall–Kier alpha value is -2.33. The Labute approximate surface area is 149 Å². The van der Waals surface area contributed by atoms with Gasteiger partial charge in [-0.25, -0.2) is 0 Å². The van der Waals surface area contributed by atoms with Crippen molar-refractivity contribution in [1.82, 2.24) is 4.90 Å². The molecular weight excluding hydrogens is 314 g/mol. The number of morpholine rings is 1. The maximum Gasteiger partial charge on any atom is 0.254 e. The SMILES string of the molecule is CCCc1ccc(OCc2ccc(C(=O)N3CCOCC3)cc2)cc1. The molecule has 0 spiro atoms. The van der Waals surface area contributed by atoms with E-state index in [2.05, 4.69) is 19.1 Å². The summed E-state index contributed by atoms with van der Waals surface area (Å²) in [5.41, 5.74) is 3.10. The van der Waals surface area contributed by atoms with Crippen LogP contribution < -0.4 is 4.74 Å². The number of hydrogen-bond acceptors (Lipinski definition) is 3. The Kier molecular flexibility index (Phi) is 6.07. The lowest BCUT2D eigenvalue weighted by molar-refractivity contribution is 0.0303. The van der Waals surface area contributed by atoms with Gasteiger partial charge in [-0.05, 0) is 41.8 Å². The van der Waals surface area contributed by atoms with E-state index >= 15 is 0 Å². The van der Waals surface area contributed by atoms with Crippen molar-refractivity contribution in [1.29, 1.82) is 0 Å². The number of ether oxygens (including phenoxy) is 2. The highest BCUT2D eigenvalue weighted by Gasteiger charge is 2.18. The normalized spacial score (nSPS) is 14.4. The second kappa shape index (κ2) is 8.67. The largest absolute Gasteiger partial charge is 0.489 e. The molecule has 1 amide bonds. The maximum atomic E-state index is 12.4. The summed E-state index contributed by atoms with van der Waals surface area (Å²) in [6, 6.07) is 15.9. The van der Waals surface area contributed by atoms with E-state index in [9.17, 15) is 4.79 Å². The molecule has 0 aromatic heterocycles. The molecule has 4 heteroatoms. The zero-order valence-corrected chi connectivity index (χ0v) is 14.7. The summed E-state index contributed by atoms with van der Waals surface area (Å²) in [6.07, 6.45) is 2.24. The smallest absolute Gasteiger partial charge is 0.254 e. The molecule has 1 saturated heterocycles. The number of carbonyl (C=O) groups excluding carboxylic acids is 1. The van der Waals surface area contributed by atoms with Gasteiger partial charge in [-0.15, -0.1) is 0 Å². The molecule has 4 nitrogen and oxygen atoms in total. The highest BCUT2D eigenvalue weighted by molar-refractivity contribution is 5.94. The van der Waals surface area contributed by atoms with Crippen molar-refractivity contribution in [2.24, 2.45) is 0 Å². The van der Waals surface area contributed by atoms with Gasteiger partial charge in [-0.2, -0.15) is 0 Å². The minimum absolute atomic E-state index is 0.0716. The maximum absolute atomic E-state index is 12.4. The minimum atomic E-state index is 0.0716. The Morgan fingerprint density at radius 3 is 2.28 bits per heavy atom. The highest BCUT2D eigenvalue weighted by atomic mass is 16.5. The number of rotatable bonds is 6. The van der Waals surface area contributed by atoms with E-state index in [0.717, 1.165) is 29.7 Å². The summed E-state index contributed by atoms with van der Waals surface area (Å²) >= 11 is 0. The average Bonchev–Trinajstić information content (AvgIpc) is 2.68. The van der Waals surface area contributed by atoms with Crippen molar-refractivity contribution < 1.29 is 14.3 Å². The molecule has 132 valence electrons. The van der Waals surface area contributed by atoms with Gasteiger partial charge in [-0.1, -0.05) is 37.6 Å². The van der Waals surface area contributed by atoms with Crippen LogP contribution in [0.2, 0.25) is 0 Å². The van der Waals surface area contributed by atoms with Crippen LogP contribution in [0.15, 0.2) is 48.5 Å². The first-order valence-corrected chi connectivity index (χ1v) is 8.94. The molecule has 0 N–H and O–H groups in total. The molecule has 0 atom stereocenters. The predicted octanol–water partition coefficient (Wildman–Crippen LogP) is 3.69. The zero-order valence-electron chi connectivity index (χ0n) is 14.7. The Morgan fingerprint density at radius 1 is 1.00 bits per heavy atom. The van der Waals surface area contributed by atoms with Crippen LogP contribution >= 0.6 is 0 Å². The number of hydrogen-bond donors (Lipinski definition) is 0. The second-order valence-corrected chi connectivity index (χ2v) is 6.28. The molecule has 2 aromatic rings. The lowest BCUT2D eigenvalue weighted by Crippen LogP contribution is -2.40. The van der Waals surface area contributed by atoms with Crippen LogP contribution in [-0.2, 0) is 17.8 Å². The van der Waals surface area contributed by atoms with E-state index in [1.165, 1.54) is 5.56 Å². The van der Waals surface area contributed by atoms with Gasteiger partial charge >= 0.3 is 0 Å². The molecule has 0 bridgehead atoms. The number of carbonyl (C=O) groups is 1. The van der Waals surface area contributed by atoms with Crippen LogP contribution in [-0.4, -0.2) is 37.1 Å². The van der Waals surface area contributed by atoms with Crippen LogP contribution in [0, 0.1) is 0 Å². The van der Waals surface area contributed by atoms with E-state index in [4.69, 9.17) is 9.47 Å². The van der Waals surface area contributed by atoms with Crippen LogP contribution in [0.5, 0.6) is 5.75 Å². The second-order valence-electron chi connectivity index (χ2n) is 6.28. The molecule has 0 saturated carbocycles. The van der Waals surface area contributed by atoms with Crippen LogP contribution in [0.1, 0.15) is 34.8 Å². The Balaban J connectivity index is 1.54. The first-order valence-electron chi connectivity index (χ1n) is 8.94. The van der Waals surface area contributed by atoms with Crippen molar-refractivity contribution in [3.05, 3.63) is 65.2 Å². The number of nitrogens with zero attached hydrogens (tertiary/aromatic N) is 1. The van der Waals surface area contributed by atoms with Crippen molar-refractivity contribution in [2.45, 2.75) is 26.4 Å². The molecule has 2 aromatic carbocycles. The molecule has 1 heterocycles. The predicted molar refractivity (Wildman–Crippen MR) is 97.9 cm³/mol. The molecule has 1 aliphatic heterocycles. The molecule has 0 radical (unpaired) electrons. The standard InChI is InChI=1S/C21H25NO3/c1-2-3-17-6-10-20(11-7-17)25-16-18-4-8-19(9-5-18)21(23)22-12-14-24-15-13-22/h4-11H,2-3,12-16H2,1H3. The Morgan fingerprint density at radius 2 is 1.64 bits per heavy atom. The van der Waals surface area contributed by atoms with E-state index < -0.39 is 0 Å². The summed E-state index contributed by atoms with van der Waals surface area (Å²) in [5.74, 6) is 0.940. The summed E-state index contributed by atoms with van der Waals surface area (Å²) in [7, 11) is 0. The quantitative estimate of drug-likeness (QED) is 0.806.